The van der Waals surface area contributed by atoms with Crippen LogP contribution in [-0.2, 0) is 6.54 Å². The van der Waals surface area contributed by atoms with Crippen molar-refractivity contribution < 1.29 is 0 Å². The highest BCUT2D eigenvalue weighted by Gasteiger charge is 2.19. The minimum atomic E-state index is 0.736. The zero-order valence-corrected chi connectivity index (χ0v) is 15.9. The van der Waals surface area contributed by atoms with Gasteiger partial charge in [-0.1, -0.05) is 60.7 Å². The van der Waals surface area contributed by atoms with Gasteiger partial charge in [-0.2, -0.15) is 0 Å². The minimum Gasteiger partial charge on any atom is -0.299 e. The van der Waals surface area contributed by atoms with Crippen molar-refractivity contribution in [2.75, 3.05) is 19.6 Å². The van der Waals surface area contributed by atoms with Crippen LogP contribution in [0.25, 0.3) is 10.8 Å². The first-order valence-electron chi connectivity index (χ1n) is 9.51. The first kappa shape index (κ1) is 17.6. The van der Waals surface area contributed by atoms with Crippen LogP contribution < -0.4 is 4.72 Å². The van der Waals surface area contributed by atoms with Crippen molar-refractivity contribution in [2.24, 2.45) is 5.92 Å². The molecule has 0 saturated carbocycles. The van der Waals surface area contributed by atoms with Crippen molar-refractivity contribution in [2.45, 2.75) is 24.3 Å². The maximum atomic E-state index is 3.61. The predicted molar refractivity (Wildman–Crippen MR) is 112 cm³/mol. The molecule has 1 atom stereocenters. The predicted octanol–water partition coefficient (Wildman–Crippen LogP) is 5.35. The van der Waals surface area contributed by atoms with Crippen molar-refractivity contribution in [1.29, 1.82) is 0 Å². The number of likely N-dealkylation sites (tertiary alicyclic amines) is 1. The number of nitrogens with zero attached hydrogens (tertiary/aromatic N) is 1. The summed E-state index contributed by atoms with van der Waals surface area (Å²) in [6.07, 6.45) is 2.64. The van der Waals surface area contributed by atoms with Gasteiger partial charge in [-0.15, -0.1) is 0 Å². The highest BCUT2D eigenvalue weighted by Crippen LogP contribution is 2.23. The molecular weight excluding hydrogens is 336 g/mol. The van der Waals surface area contributed by atoms with Gasteiger partial charge in [0, 0.05) is 24.5 Å². The third-order valence-electron chi connectivity index (χ3n) is 5.14. The molecule has 0 spiro atoms. The van der Waals surface area contributed by atoms with E-state index in [1.54, 1.807) is 11.9 Å². The molecule has 1 aliphatic rings. The smallest absolute Gasteiger partial charge is 0.0234 e. The first-order valence-corrected chi connectivity index (χ1v) is 10.3. The largest absolute Gasteiger partial charge is 0.299 e. The maximum absolute atomic E-state index is 3.61. The molecule has 1 unspecified atom stereocenters. The quantitative estimate of drug-likeness (QED) is 0.595. The third kappa shape index (κ3) is 4.67. The summed E-state index contributed by atoms with van der Waals surface area (Å²) in [6, 6.07) is 26.1. The van der Waals surface area contributed by atoms with E-state index in [9.17, 15) is 0 Å². The van der Waals surface area contributed by atoms with Crippen LogP contribution in [0.15, 0.2) is 77.7 Å². The van der Waals surface area contributed by atoms with Crippen molar-refractivity contribution in [3.05, 3.63) is 78.4 Å². The Morgan fingerprint density at radius 2 is 1.73 bits per heavy atom. The van der Waals surface area contributed by atoms with Crippen LogP contribution in [0, 0.1) is 5.92 Å². The molecule has 3 heteroatoms. The van der Waals surface area contributed by atoms with Crippen molar-refractivity contribution in [3.8, 4) is 0 Å². The second-order valence-electron chi connectivity index (χ2n) is 7.19. The third-order valence-corrected chi connectivity index (χ3v) is 5.94. The lowest BCUT2D eigenvalue weighted by atomic mass is 9.98. The summed E-state index contributed by atoms with van der Waals surface area (Å²) in [5.74, 6) is 0.736. The molecule has 1 saturated heterocycles. The Kier molecular flexibility index (Phi) is 5.90. The number of hydrogen-bond donors (Lipinski definition) is 1. The lowest BCUT2D eigenvalue weighted by molar-refractivity contribution is 0.169. The zero-order chi connectivity index (χ0) is 17.6. The van der Waals surface area contributed by atoms with E-state index in [-0.39, 0.29) is 0 Å². The van der Waals surface area contributed by atoms with E-state index in [2.05, 4.69) is 82.4 Å². The Bertz CT molecular complexity index is 834. The lowest BCUT2D eigenvalue weighted by Gasteiger charge is -2.32. The van der Waals surface area contributed by atoms with Crippen LogP contribution in [-0.4, -0.2) is 24.5 Å². The molecular formula is C23H26N2S. The summed E-state index contributed by atoms with van der Waals surface area (Å²) in [6.45, 7) is 4.57. The van der Waals surface area contributed by atoms with E-state index in [1.807, 2.05) is 0 Å². The highest BCUT2D eigenvalue weighted by atomic mass is 32.2. The van der Waals surface area contributed by atoms with E-state index in [4.69, 9.17) is 0 Å². The van der Waals surface area contributed by atoms with Gasteiger partial charge in [-0.25, -0.2) is 0 Å². The van der Waals surface area contributed by atoms with Gasteiger partial charge in [0.1, 0.15) is 0 Å². The molecule has 0 aromatic heterocycles. The molecule has 0 amide bonds. The molecule has 2 nitrogen and oxygen atoms in total. The number of benzene rings is 3. The van der Waals surface area contributed by atoms with E-state index < -0.39 is 0 Å². The molecule has 1 aliphatic heterocycles. The van der Waals surface area contributed by atoms with Crippen LogP contribution in [0.5, 0.6) is 0 Å². The van der Waals surface area contributed by atoms with Crippen LogP contribution >= 0.6 is 11.9 Å². The molecule has 0 bridgehead atoms. The fourth-order valence-electron chi connectivity index (χ4n) is 3.78. The van der Waals surface area contributed by atoms with Crippen LogP contribution in [0.2, 0.25) is 0 Å². The number of rotatable bonds is 6. The number of nitrogens with one attached hydrogen (secondary N) is 1. The number of fused-ring (bicyclic) bond motifs is 1. The summed E-state index contributed by atoms with van der Waals surface area (Å²) in [4.78, 5) is 3.90. The van der Waals surface area contributed by atoms with E-state index in [1.165, 1.54) is 47.2 Å². The van der Waals surface area contributed by atoms with E-state index in [0.29, 0.717) is 0 Å². The van der Waals surface area contributed by atoms with Crippen molar-refractivity contribution in [3.63, 3.8) is 0 Å². The second kappa shape index (κ2) is 8.72. The average molecular weight is 363 g/mol. The molecule has 1 heterocycles. The SMILES string of the molecule is c1ccc(CN2CCCC(CNSc3ccc4ccccc4c3)C2)cc1. The van der Waals surface area contributed by atoms with E-state index >= 15 is 0 Å². The second-order valence-corrected chi connectivity index (χ2v) is 8.15. The summed E-state index contributed by atoms with van der Waals surface area (Å²) < 4.78 is 3.61. The molecule has 1 N–H and O–H groups in total. The van der Waals surface area contributed by atoms with Crippen LogP contribution in [0.4, 0.5) is 0 Å². The minimum absolute atomic E-state index is 0.736. The molecule has 4 rings (SSSR count). The average Bonchev–Trinajstić information content (AvgIpc) is 2.69. The van der Waals surface area contributed by atoms with Gasteiger partial charge in [0.05, 0.1) is 0 Å². The van der Waals surface area contributed by atoms with E-state index in [0.717, 1.165) is 19.0 Å². The molecule has 26 heavy (non-hydrogen) atoms. The summed E-state index contributed by atoms with van der Waals surface area (Å²) in [5.41, 5.74) is 1.42. The molecule has 1 fully saturated rings. The van der Waals surface area contributed by atoms with Gasteiger partial charge in [0.2, 0.25) is 0 Å². The van der Waals surface area contributed by atoms with Gasteiger partial charge in [0.15, 0.2) is 0 Å². The summed E-state index contributed by atoms with van der Waals surface area (Å²) >= 11 is 1.77. The molecule has 3 aromatic rings. The van der Waals surface area contributed by atoms with Gasteiger partial charge in [-0.3, -0.25) is 9.62 Å². The monoisotopic (exact) mass is 362 g/mol. The number of hydrogen-bond acceptors (Lipinski definition) is 3. The lowest BCUT2D eigenvalue weighted by Crippen LogP contribution is -2.38. The molecule has 0 aliphatic carbocycles. The Balaban J connectivity index is 1.27. The highest BCUT2D eigenvalue weighted by molar-refractivity contribution is 7.97. The van der Waals surface area contributed by atoms with Crippen molar-refractivity contribution in [1.82, 2.24) is 9.62 Å². The van der Waals surface area contributed by atoms with Gasteiger partial charge >= 0.3 is 0 Å². The van der Waals surface area contributed by atoms with Crippen LogP contribution in [0.1, 0.15) is 18.4 Å². The Hall–Kier alpha value is -1.81. The molecule has 3 aromatic carbocycles. The summed E-state index contributed by atoms with van der Waals surface area (Å²) in [5, 5.41) is 2.62. The van der Waals surface area contributed by atoms with Gasteiger partial charge < -0.3 is 0 Å². The summed E-state index contributed by atoms with van der Waals surface area (Å²) in [7, 11) is 0. The Morgan fingerprint density at radius 1 is 0.923 bits per heavy atom. The van der Waals surface area contributed by atoms with Gasteiger partial charge in [0.25, 0.3) is 0 Å². The van der Waals surface area contributed by atoms with Crippen LogP contribution in [0.3, 0.4) is 0 Å². The zero-order valence-electron chi connectivity index (χ0n) is 15.1. The Labute approximate surface area is 160 Å². The fraction of sp³-hybridized carbons (Fsp3) is 0.304. The first-order chi connectivity index (χ1) is 12.9. The normalized spacial score (nSPS) is 18.2. The molecule has 0 radical (unpaired) electrons. The van der Waals surface area contributed by atoms with Gasteiger partial charge in [-0.05, 0) is 65.7 Å². The maximum Gasteiger partial charge on any atom is 0.0234 e. The Morgan fingerprint density at radius 3 is 2.62 bits per heavy atom. The topological polar surface area (TPSA) is 15.3 Å². The number of piperidine rings is 1. The standard InChI is InChI=1S/C23H26N2S/c1-2-7-19(8-3-1)17-25-14-6-9-20(18-25)16-24-26-23-13-12-21-10-4-5-11-22(21)15-23/h1-5,7-8,10-13,15,20,24H,6,9,14,16-18H2. The van der Waals surface area contributed by atoms with Crippen molar-refractivity contribution >= 4 is 22.7 Å². The fourth-order valence-corrected chi connectivity index (χ4v) is 4.58. The molecule has 134 valence electrons.